The topological polar surface area (TPSA) is 94.2 Å². The van der Waals surface area contributed by atoms with E-state index in [1.165, 1.54) is 20.3 Å². The van der Waals surface area contributed by atoms with Gasteiger partial charge in [0.15, 0.2) is 11.5 Å². The molecule has 0 bridgehead atoms. The van der Waals surface area contributed by atoms with Gasteiger partial charge >= 0.3 is 12.0 Å². The SMILES string of the molecule is COC(=O)CN1C(=O)N/C(=C/c2cccc(OC)c2OC(C)C)C1=O. The zero-order valence-electron chi connectivity index (χ0n) is 14.5. The second kappa shape index (κ2) is 7.69. The first kappa shape index (κ1) is 18.3. The van der Waals surface area contributed by atoms with Gasteiger partial charge in [0.05, 0.1) is 20.3 Å². The molecule has 1 fully saturated rings. The smallest absolute Gasteiger partial charge is 0.329 e. The Hall–Kier alpha value is -3.03. The van der Waals surface area contributed by atoms with Crippen molar-refractivity contribution in [2.24, 2.45) is 0 Å². The first-order chi connectivity index (χ1) is 11.9. The lowest BCUT2D eigenvalue weighted by Gasteiger charge is -2.16. The average molecular weight is 348 g/mol. The summed E-state index contributed by atoms with van der Waals surface area (Å²) in [6.07, 6.45) is 1.37. The van der Waals surface area contributed by atoms with Gasteiger partial charge in [0.2, 0.25) is 0 Å². The van der Waals surface area contributed by atoms with Crippen molar-refractivity contribution in [3.63, 3.8) is 0 Å². The van der Waals surface area contributed by atoms with Gasteiger partial charge in [0.25, 0.3) is 5.91 Å². The highest BCUT2D eigenvalue weighted by atomic mass is 16.5. The first-order valence-electron chi connectivity index (χ1n) is 7.62. The van der Waals surface area contributed by atoms with Crippen molar-refractivity contribution in [1.82, 2.24) is 10.2 Å². The Bertz CT molecular complexity index is 726. The van der Waals surface area contributed by atoms with Crippen LogP contribution in [0.25, 0.3) is 6.08 Å². The molecule has 1 aromatic rings. The zero-order chi connectivity index (χ0) is 18.6. The summed E-state index contributed by atoms with van der Waals surface area (Å²) in [5.41, 5.74) is 0.604. The molecule has 1 aliphatic heterocycles. The predicted molar refractivity (Wildman–Crippen MR) is 89.0 cm³/mol. The Morgan fingerprint density at radius 2 is 2.00 bits per heavy atom. The number of carbonyl (C=O) groups is 3. The van der Waals surface area contributed by atoms with Crippen LogP contribution in [-0.4, -0.2) is 49.7 Å². The second-order valence-corrected chi connectivity index (χ2v) is 5.50. The van der Waals surface area contributed by atoms with E-state index in [9.17, 15) is 14.4 Å². The molecule has 2 rings (SSSR count). The minimum Gasteiger partial charge on any atom is -0.493 e. The number of urea groups is 1. The summed E-state index contributed by atoms with van der Waals surface area (Å²) in [4.78, 5) is 36.4. The van der Waals surface area contributed by atoms with Gasteiger partial charge in [-0.15, -0.1) is 0 Å². The highest BCUT2D eigenvalue weighted by Crippen LogP contribution is 2.33. The molecule has 0 spiro atoms. The number of nitrogens with one attached hydrogen (secondary N) is 1. The van der Waals surface area contributed by atoms with E-state index < -0.39 is 24.5 Å². The monoisotopic (exact) mass is 348 g/mol. The number of carbonyl (C=O) groups excluding carboxylic acids is 3. The van der Waals surface area contributed by atoms with Gasteiger partial charge in [0.1, 0.15) is 12.2 Å². The standard InChI is InChI=1S/C17H20N2O6/c1-10(2)25-15-11(6-5-7-13(15)23-3)8-12-16(21)19(17(22)18-12)9-14(20)24-4/h5-8,10H,9H2,1-4H3,(H,18,22)/b12-8+. The largest absolute Gasteiger partial charge is 0.493 e. The fourth-order valence-corrected chi connectivity index (χ4v) is 2.23. The number of rotatable bonds is 6. The molecule has 1 aromatic carbocycles. The summed E-state index contributed by atoms with van der Waals surface area (Å²) in [5, 5.41) is 2.44. The number of hydrogen-bond donors (Lipinski definition) is 1. The number of nitrogens with zero attached hydrogens (tertiary/aromatic N) is 1. The third-order valence-corrected chi connectivity index (χ3v) is 3.36. The molecule has 0 radical (unpaired) electrons. The summed E-state index contributed by atoms with van der Waals surface area (Å²) < 4.78 is 15.5. The van der Waals surface area contributed by atoms with Crippen LogP contribution in [-0.2, 0) is 14.3 Å². The third-order valence-electron chi connectivity index (χ3n) is 3.36. The van der Waals surface area contributed by atoms with Crippen LogP contribution < -0.4 is 14.8 Å². The molecule has 1 saturated heterocycles. The molecule has 0 unspecified atom stereocenters. The number of methoxy groups -OCH3 is 2. The lowest BCUT2D eigenvalue weighted by atomic mass is 10.1. The predicted octanol–water partition coefficient (Wildman–Crippen LogP) is 1.55. The number of benzene rings is 1. The van der Waals surface area contributed by atoms with E-state index in [2.05, 4.69) is 10.1 Å². The van der Waals surface area contributed by atoms with Gasteiger partial charge < -0.3 is 19.5 Å². The zero-order valence-corrected chi connectivity index (χ0v) is 14.5. The van der Waals surface area contributed by atoms with E-state index in [0.29, 0.717) is 17.1 Å². The van der Waals surface area contributed by atoms with E-state index in [1.54, 1.807) is 18.2 Å². The number of esters is 1. The van der Waals surface area contributed by atoms with Crippen LogP contribution in [0.4, 0.5) is 4.79 Å². The fraction of sp³-hybridized carbons (Fsp3) is 0.353. The van der Waals surface area contributed by atoms with Crippen molar-refractivity contribution in [2.75, 3.05) is 20.8 Å². The van der Waals surface area contributed by atoms with Crippen LogP contribution in [0, 0.1) is 0 Å². The van der Waals surface area contributed by atoms with Crippen LogP contribution in [0.1, 0.15) is 19.4 Å². The van der Waals surface area contributed by atoms with Crippen molar-refractivity contribution < 1.29 is 28.6 Å². The average Bonchev–Trinajstić information content (AvgIpc) is 2.83. The van der Waals surface area contributed by atoms with Gasteiger partial charge in [-0.25, -0.2) is 9.69 Å². The molecular weight excluding hydrogens is 328 g/mol. The Morgan fingerprint density at radius 3 is 2.60 bits per heavy atom. The van der Waals surface area contributed by atoms with E-state index >= 15 is 0 Å². The molecule has 1 aliphatic rings. The molecule has 25 heavy (non-hydrogen) atoms. The van der Waals surface area contributed by atoms with Gasteiger partial charge in [0, 0.05) is 5.56 Å². The van der Waals surface area contributed by atoms with Gasteiger partial charge in [-0.1, -0.05) is 12.1 Å². The first-order valence-corrected chi connectivity index (χ1v) is 7.62. The number of ether oxygens (including phenoxy) is 3. The molecule has 8 nitrogen and oxygen atoms in total. The maximum Gasteiger partial charge on any atom is 0.329 e. The number of hydrogen-bond acceptors (Lipinski definition) is 6. The third kappa shape index (κ3) is 4.09. The lowest BCUT2D eigenvalue weighted by Crippen LogP contribution is -2.36. The summed E-state index contributed by atoms with van der Waals surface area (Å²) in [5.74, 6) is -0.337. The summed E-state index contributed by atoms with van der Waals surface area (Å²) in [6, 6.07) is 4.52. The molecule has 0 saturated carbocycles. The Morgan fingerprint density at radius 1 is 1.28 bits per heavy atom. The minimum absolute atomic E-state index is 0.0377. The molecule has 0 aromatic heterocycles. The maximum atomic E-state index is 12.4. The van der Waals surface area contributed by atoms with Crippen molar-refractivity contribution in [3.05, 3.63) is 29.5 Å². The number of amides is 3. The highest BCUT2D eigenvalue weighted by molar-refractivity contribution is 6.15. The van der Waals surface area contributed by atoms with E-state index in [-0.39, 0.29) is 11.8 Å². The summed E-state index contributed by atoms with van der Waals surface area (Å²) >= 11 is 0. The Kier molecular flexibility index (Phi) is 5.63. The Labute approximate surface area is 145 Å². The lowest BCUT2D eigenvalue weighted by molar-refractivity contribution is -0.143. The van der Waals surface area contributed by atoms with Gasteiger partial charge in [-0.3, -0.25) is 9.59 Å². The molecule has 3 amide bonds. The summed E-state index contributed by atoms with van der Waals surface area (Å²) in [6.45, 7) is 3.28. The molecule has 1 heterocycles. The molecule has 134 valence electrons. The van der Waals surface area contributed by atoms with Gasteiger partial charge in [-0.2, -0.15) is 0 Å². The molecule has 0 atom stereocenters. The normalized spacial score (nSPS) is 15.6. The molecule has 1 N–H and O–H groups in total. The van der Waals surface area contributed by atoms with Gasteiger partial charge in [-0.05, 0) is 26.0 Å². The quantitative estimate of drug-likeness (QED) is 0.476. The highest BCUT2D eigenvalue weighted by Gasteiger charge is 2.35. The minimum atomic E-state index is -0.685. The van der Waals surface area contributed by atoms with E-state index in [0.717, 1.165) is 4.90 Å². The van der Waals surface area contributed by atoms with E-state index in [4.69, 9.17) is 9.47 Å². The van der Waals surface area contributed by atoms with Crippen molar-refractivity contribution in [1.29, 1.82) is 0 Å². The van der Waals surface area contributed by atoms with Crippen molar-refractivity contribution in [2.45, 2.75) is 20.0 Å². The number of para-hydroxylation sites is 1. The van der Waals surface area contributed by atoms with Crippen LogP contribution in [0.3, 0.4) is 0 Å². The van der Waals surface area contributed by atoms with E-state index in [1.807, 2.05) is 13.8 Å². The molecule has 0 aliphatic carbocycles. The summed E-state index contributed by atoms with van der Waals surface area (Å²) in [7, 11) is 2.70. The van der Waals surface area contributed by atoms with Crippen LogP contribution in [0.5, 0.6) is 11.5 Å². The Balaban J connectivity index is 2.36. The van der Waals surface area contributed by atoms with Crippen molar-refractivity contribution >= 4 is 24.0 Å². The van der Waals surface area contributed by atoms with Crippen LogP contribution in [0.2, 0.25) is 0 Å². The van der Waals surface area contributed by atoms with Crippen molar-refractivity contribution in [3.8, 4) is 11.5 Å². The molecule has 8 heteroatoms. The fourth-order valence-electron chi connectivity index (χ4n) is 2.23. The van der Waals surface area contributed by atoms with Crippen LogP contribution in [0.15, 0.2) is 23.9 Å². The number of imide groups is 1. The second-order valence-electron chi connectivity index (χ2n) is 5.50. The maximum absolute atomic E-state index is 12.4. The molecular formula is C17H20N2O6. The van der Waals surface area contributed by atoms with Crippen LogP contribution >= 0.6 is 0 Å².